The molecule has 1 radical (unpaired) electrons. The minimum atomic E-state index is -2.64. The van der Waals surface area contributed by atoms with Crippen molar-refractivity contribution in [3.8, 4) is 0 Å². The normalized spacial score (nSPS) is 9.58. The molecule has 1 rings (SSSR count). The third-order valence-electron chi connectivity index (χ3n) is 1.27. The van der Waals surface area contributed by atoms with Crippen molar-refractivity contribution in [2.75, 3.05) is 0 Å². The van der Waals surface area contributed by atoms with Gasteiger partial charge in [-0.3, -0.25) is 0 Å². The van der Waals surface area contributed by atoms with Crippen molar-refractivity contribution in [3.63, 3.8) is 0 Å². The standard InChI is InChI=1S/C8H4F2NO/c9-8(10)6-3-1-2-4-7(6)11-5-12/h2-4,8H. The Kier molecular flexibility index (Phi) is 2.66. The molecule has 4 heteroatoms. The number of benzene rings is 1. The zero-order chi connectivity index (χ0) is 8.97. The predicted molar refractivity (Wildman–Crippen MR) is 38.0 cm³/mol. The van der Waals surface area contributed by atoms with E-state index in [1.165, 1.54) is 18.2 Å². The molecule has 1 aromatic carbocycles. The Hall–Kier alpha value is -1.54. The minimum absolute atomic E-state index is 0.0567. The minimum Gasteiger partial charge on any atom is -0.211 e. The molecule has 12 heavy (non-hydrogen) atoms. The lowest BCUT2D eigenvalue weighted by molar-refractivity contribution is 0.152. The van der Waals surface area contributed by atoms with Gasteiger partial charge in [-0.25, -0.2) is 13.6 Å². The van der Waals surface area contributed by atoms with E-state index in [9.17, 15) is 13.6 Å². The number of alkyl halides is 2. The summed E-state index contributed by atoms with van der Waals surface area (Å²) in [5, 5.41) is 0. The maximum Gasteiger partial charge on any atom is 0.265 e. The van der Waals surface area contributed by atoms with Crippen LogP contribution in [0, 0.1) is 6.07 Å². The van der Waals surface area contributed by atoms with Crippen LogP contribution >= 0.6 is 0 Å². The van der Waals surface area contributed by atoms with Gasteiger partial charge in [0.15, 0.2) is 0 Å². The Morgan fingerprint density at radius 1 is 1.58 bits per heavy atom. The van der Waals surface area contributed by atoms with Crippen LogP contribution < -0.4 is 0 Å². The Bertz CT molecular complexity index is 319. The van der Waals surface area contributed by atoms with Gasteiger partial charge in [0, 0.05) is 5.56 Å². The molecule has 0 fully saturated rings. The highest BCUT2D eigenvalue weighted by atomic mass is 19.3. The molecular formula is C8H4F2NO. The average molecular weight is 168 g/mol. The highest BCUT2D eigenvalue weighted by Gasteiger charge is 2.10. The molecule has 0 amide bonds. The summed E-state index contributed by atoms with van der Waals surface area (Å²) in [4.78, 5) is 12.9. The SMILES string of the molecule is O=C=Nc1cc[c]cc1C(F)F. The van der Waals surface area contributed by atoms with E-state index in [-0.39, 0.29) is 11.3 Å². The monoisotopic (exact) mass is 168 g/mol. The lowest BCUT2D eigenvalue weighted by Crippen LogP contribution is -1.83. The lowest BCUT2D eigenvalue weighted by atomic mass is 10.2. The molecule has 0 aliphatic carbocycles. The molecule has 0 bridgehead atoms. The molecule has 0 aromatic heterocycles. The van der Waals surface area contributed by atoms with Gasteiger partial charge < -0.3 is 0 Å². The van der Waals surface area contributed by atoms with Crippen LogP contribution in [0.25, 0.3) is 0 Å². The number of isocyanates is 1. The van der Waals surface area contributed by atoms with Gasteiger partial charge in [0.2, 0.25) is 6.08 Å². The van der Waals surface area contributed by atoms with Crippen LogP contribution in [0.4, 0.5) is 14.5 Å². The molecule has 1 aromatic rings. The van der Waals surface area contributed by atoms with Gasteiger partial charge in [-0.05, 0) is 18.2 Å². The summed E-state index contributed by atoms with van der Waals surface area (Å²) in [5.74, 6) is 0. The summed E-state index contributed by atoms with van der Waals surface area (Å²) in [6, 6.07) is 6.26. The molecule has 0 unspecified atom stereocenters. The van der Waals surface area contributed by atoms with Gasteiger partial charge in [0.1, 0.15) is 0 Å². The second-order valence-corrected chi connectivity index (χ2v) is 1.99. The van der Waals surface area contributed by atoms with Crippen molar-refractivity contribution in [1.29, 1.82) is 0 Å². The van der Waals surface area contributed by atoms with Crippen LogP contribution in [0.15, 0.2) is 23.2 Å². The van der Waals surface area contributed by atoms with Crippen molar-refractivity contribution in [3.05, 3.63) is 29.8 Å². The van der Waals surface area contributed by atoms with Crippen molar-refractivity contribution < 1.29 is 13.6 Å². The van der Waals surface area contributed by atoms with E-state index < -0.39 is 6.43 Å². The van der Waals surface area contributed by atoms with Gasteiger partial charge in [-0.1, -0.05) is 6.07 Å². The van der Waals surface area contributed by atoms with Crippen LogP contribution in [0.3, 0.4) is 0 Å². The van der Waals surface area contributed by atoms with Crippen LogP contribution in [-0.2, 0) is 4.79 Å². The van der Waals surface area contributed by atoms with E-state index in [2.05, 4.69) is 11.1 Å². The van der Waals surface area contributed by atoms with Crippen LogP contribution in [0.2, 0.25) is 0 Å². The molecule has 0 aliphatic rings. The Balaban J connectivity index is 3.17. The number of halogens is 2. The largest absolute Gasteiger partial charge is 0.265 e. The fraction of sp³-hybridized carbons (Fsp3) is 0.125. The fourth-order valence-corrected chi connectivity index (χ4v) is 0.761. The first kappa shape index (κ1) is 8.56. The number of nitrogens with zero attached hydrogens (tertiary/aromatic N) is 1. The second-order valence-electron chi connectivity index (χ2n) is 1.99. The van der Waals surface area contributed by atoms with Crippen LogP contribution in [0.5, 0.6) is 0 Å². The first-order valence-corrected chi connectivity index (χ1v) is 3.11. The zero-order valence-electron chi connectivity index (χ0n) is 5.92. The van der Waals surface area contributed by atoms with Gasteiger partial charge in [-0.15, -0.1) is 0 Å². The van der Waals surface area contributed by atoms with E-state index in [0.29, 0.717) is 0 Å². The molecule has 0 atom stereocenters. The van der Waals surface area contributed by atoms with Crippen molar-refractivity contribution in [2.45, 2.75) is 6.43 Å². The summed E-state index contributed by atoms with van der Waals surface area (Å²) >= 11 is 0. The molecule has 0 saturated carbocycles. The highest BCUT2D eigenvalue weighted by molar-refractivity contribution is 5.53. The summed E-state index contributed by atoms with van der Waals surface area (Å²) in [6.45, 7) is 0. The molecule has 0 spiro atoms. The number of rotatable bonds is 2. The first-order valence-electron chi connectivity index (χ1n) is 3.11. The Labute approximate surface area is 67.5 Å². The summed E-state index contributed by atoms with van der Waals surface area (Å²) in [5.41, 5.74) is -0.361. The van der Waals surface area contributed by atoms with Crippen LogP contribution in [-0.4, -0.2) is 6.08 Å². The molecule has 0 saturated heterocycles. The van der Waals surface area contributed by atoms with E-state index >= 15 is 0 Å². The number of hydrogen-bond acceptors (Lipinski definition) is 2. The second kappa shape index (κ2) is 3.74. The Morgan fingerprint density at radius 3 is 2.92 bits per heavy atom. The molecule has 61 valence electrons. The van der Waals surface area contributed by atoms with Gasteiger partial charge in [0.25, 0.3) is 6.43 Å². The van der Waals surface area contributed by atoms with Crippen molar-refractivity contribution in [1.82, 2.24) is 0 Å². The van der Waals surface area contributed by atoms with Crippen molar-refractivity contribution >= 4 is 11.8 Å². The number of hydrogen-bond donors (Lipinski definition) is 0. The van der Waals surface area contributed by atoms with E-state index in [0.717, 1.165) is 6.07 Å². The van der Waals surface area contributed by atoms with Gasteiger partial charge >= 0.3 is 0 Å². The van der Waals surface area contributed by atoms with Crippen molar-refractivity contribution in [2.24, 2.45) is 4.99 Å². The maximum atomic E-state index is 12.1. The van der Waals surface area contributed by atoms with E-state index in [4.69, 9.17) is 0 Å². The Morgan fingerprint density at radius 2 is 2.33 bits per heavy atom. The molecule has 2 nitrogen and oxygen atoms in total. The van der Waals surface area contributed by atoms with E-state index in [1.807, 2.05) is 0 Å². The third kappa shape index (κ3) is 1.74. The summed E-state index contributed by atoms with van der Waals surface area (Å²) in [7, 11) is 0. The quantitative estimate of drug-likeness (QED) is 0.492. The fourth-order valence-electron chi connectivity index (χ4n) is 0.761. The van der Waals surface area contributed by atoms with E-state index in [1.54, 1.807) is 0 Å². The average Bonchev–Trinajstić information content (AvgIpc) is 2.05. The smallest absolute Gasteiger partial charge is 0.211 e. The molecule has 0 aliphatic heterocycles. The molecule has 0 heterocycles. The topological polar surface area (TPSA) is 29.4 Å². The lowest BCUT2D eigenvalue weighted by Gasteiger charge is -2.00. The molecular weight excluding hydrogens is 164 g/mol. The maximum absolute atomic E-state index is 12.1. The zero-order valence-corrected chi connectivity index (χ0v) is 5.92. The summed E-state index contributed by atoms with van der Waals surface area (Å²) < 4.78 is 24.3. The number of carbonyl (C=O) groups excluding carboxylic acids is 1. The third-order valence-corrected chi connectivity index (χ3v) is 1.27. The van der Waals surface area contributed by atoms with Gasteiger partial charge in [0.05, 0.1) is 5.69 Å². The predicted octanol–water partition coefficient (Wildman–Crippen LogP) is 2.39. The number of aliphatic imine (C=N–C) groups is 1. The first-order chi connectivity index (χ1) is 5.75. The van der Waals surface area contributed by atoms with Crippen LogP contribution in [0.1, 0.15) is 12.0 Å². The summed E-state index contributed by atoms with van der Waals surface area (Å²) in [6.07, 6.45) is -1.44. The van der Waals surface area contributed by atoms with Gasteiger partial charge in [-0.2, -0.15) is 4.99 Å². The highest BCUT2D eigenvalue weighted by Crippen LogP contribution is 2.27. The molecule has 0 N–H and O–H groups in total.